The highest BCUT2D eigenvalue weighted by molar-refractivity contribution is 9.10. The van der Waals surface area contributed by atoms with Crippen LogP contribution in [0.5, 0.6) is 5.88 Å². The molecule has 0 unspecified atom stereocenters. The van der Waals surface area contributed by atoms with Crippen LogP contribution in [-0.4, -0.2) is 26.5 Å². The predicted molar refractivity (Wildman–Crippen MR) is 70.7 cm³/mol. The first kappa shape index (κ1) is 13.0. The number of imidazole rings is 1. The van der Waals surface area contributed by atoms with E-state index in [2.05, 4.69) is 26.0 Å². The zero-order chi connectivity index (χ0) is 13.1. The molecule has 0 N–H and O–H groups in total. The molecule has 0 bridgehead atoms. The molecule has 0 aliphatic heterocycles. The summed E-state index contributed by atoms with van der Waals surface area (Å²) in [5, 5.41) is 4.30. The lowest BCUT2D eigenvalue weighted by molar-refractivity contribution is -0.117. The van der Waals surface area contributed by atoms with Gasteiger partial charge in [-0.05, 0) is 42.3 Å². The van der Waals surface area contributed by atoms with E-state index in [1.807, 2.05) is 13.0 Å². The number of carbonyl (C=O) groups is 1. The Kier molecular flexibility index (Phi) is 3.96. The molecule has 18 heavy (non-hydrogen) atoms. The molecule has 96 valence electrons. The number of hydrogen-bond acceptors (Lipinski definition) is 4. The highest BCUT2D eigenvalue weighted by atomic mass is 79.9. The summed E-state index contributed by atoms with van der Waals surface area (Å²) in [4.78, 5) is 15.0. The van der Waals surface area contributed by atoms with E-state index in [0.29, 0.717) is 18.7 Å². The molecule has 0 aliphatic rings. The maximum Gasteiger partial charge on any atom is 0.232 e. The Morgan fingerprint density at radius 3 is 3.06 bits per heavy atom. The van der Waals surface area contributed by atoms with E-state index in [4.69, 9.17) is 4.74 Å². The summed E-state index contributed by atoms with van der Waals surface area (Å²) in [5.41, 5.74) is 0.755. The maximum absolute atomic E-state index is 10.9. The number of rotatable bonds is 5. The van der Waals surface area contributed by atoms with Crippen LogP contribution in [0.15, 0.2) is 22.9 Å². The number of fused-ring (bicyclic) bond motifs is 1. The first-order valence-corrected chi connectivity index (χ1v) is 6.52. The van der Waals surface area contributed by atoms with E-state index in [-0.39, 0.29) is 11.9 Å². The van der Waals surface area contributed by atoms with Crippen LogP contribution in [0.2, 0.25) is 0 Å². The Morgan fingerprint density at radius 2 is 2.33 bits per heavy atom. The van der Waals surface area contributed by atoms with E-state index in [9.17, 15) is 4.79 Å². The summed E-state index contributed by atoms with van der Waals surface area (Å²) in [6.07, 6.45) is 2.87. The highest BCUT2D eigenvalue weighted by Crippen LogP contribution is 2.16. The van der Waals surface area contributed by atoms with Gasteiger partial charge in [0.25, 0.3) is 0 Å². The molecule has 0 fully saturated rings. The normalized spacial score (nSPS) is 12.6. The van der Waals surface area contributed by atoms with Crippen LogP contribution in [0.1, 0.15) is 26.7 Å². The molecule has 0 radical (unpaired) electrons. The van der Waals surface area contributed by atoms with Gasteiger partial charge in [0.05, 0.1) is 12.3 Å². The van der Waals surface area contributed by atoms with Crippen LogP contribution in [0.4, 0.5) is 0 Å². The van der Waals surface area contributed by atoms with E-state index < -0.39 is 0 Å². The molecule has 2 aromatic heterocycles. The average Bonchev–Trinajstić information content (AvgIpc) is 2.69. The van der Waals surface area contributed by atoms with Gasteiger partial charge < -0.3 is 9.53 Å². The SMILES string of the molecule is CC(=O)CC[C@@H](C)Oc1ccc2ncc(Br)n2n1. The Balaban J connectivity index is 2.06. The largest absolute Gasteiger partial charge is 0.474 e. The Morgan fingerprint density at radius 1 is 1.56 bits per heavy atom. The molecule has 0 aromatic carbocycles. The Hall–Kier alpha value is -1.43. The highest BCUT2D eigenvalue weighted by Gasteiger charge is 2.08. The van der Waals surface area contributed by atoms with Crippen LogP contribution < -0.4 is 4.74 Å². The van der Waals surface area contributed by atoms with Crippen LogP contribution in [0.3, 0.4) is 0 Å². The first-order chi connectivity index (χ1) is 8.56. The molecule has 0 aliphatic carbocycles. The lowest BCUT2D eigenvalue weighted by atomic mass is 10.2. The van der Waals surface area contributed by atoms with Crippen LogP contribution >= 0.6 is 15.9 Å². The first-order valence-electron chi connectivity index (χ1n) is 5.72. The van der Waals surface area contributed by atoms with E-state index in [0.717, 1.165) is 10.3 Å². The van der Waals surface area contributed by atoms with Crippen molar-refractivity contribution in [1.29, 1.82) is 0 Å². The molecular formula is C12H14BrN3O2. The number of Topliss-reactive ketones (excluding diaryl/α,β-unsaturated/α-hetero) is 1. The van der Waals surface area contributed by atoms with Crippen molar-refractivity contribution in [3.63, 3.8) is 0 Å². The summed E-state index contributed by atoms with van der Waals surface area (Å²) in [6, 6.07) is 3.61. The Labute approximate surface area is 113 Å². The van der Waals surface area contributed by atoms with Crippen molar-refractivity contribution in [2.45, 2.75) is 32.8 Å². The van der Waals surface area contributed by atoms with Gasteiger partial charge in [-0.25, -0.2) is 9.50 Å². The van der Waals surface area contributed by atoms with Crippen molar-refractivity contribution in [3.8, 4) is 5.88 Å². The predicted octanol–water partition coefficient (Wildman–Crippen LogP) is 2.63. The minimum Gasteiger partial charge on any atom is -0.474 e. The van der Waals surface area contributed by atoms with Gasteiger partial charge in [-0.1, -0.05) is 0 Å². The van der Waals surface area contributed by atoms with E-state index in [1.54, 1.807) is 23.7 Å². The monoisotopic (exact) mass is 311 g/mol. The lowest BCUT2D eigenvalue weighted by Gasteiger charge is -2.12. The minimum absolute atomic E-state index is 0.0406. The lowest BCUT2D eigenvalue weighted by Crippen LogP contribution is -2.14. The number of hydrogen-bond donors (Lipinski definition) is 0. The fourth-order valence-electron chi connectivity index (χ4n) is 1.56. The van der Waals surface area contributed by atoms with Gasteiger partial charge in [0, 0.05) is 12.5 Å². The number of ketones is 1. The fourth-order valence-corrected chi connectivity index (χ4v) is 1.93. The summed E-state index contributed by atoms with van der Waals surface area (Å²) in [6.45, 7) is 3.51. The van der Waals surface area contributed by atoms with E-state index >= 15 is 0 Å². The van der Waals surface area contributed by atoms with Crippen molar-refractivity contribution in [3.05, 3.63) is 22.9 Å². The maximum atomic E-state index is 10.9. The smallest absolute Gasteiger partial charge is 0.232 e. The van der Waals surface area contributed by atoms with Gasteiger partial charge in [0.2, 0.25) is 5.88 Å². The van der Waals surface area contributed by atoms with Gasteiger partial charge in [0.15, 0.2) is 5.65 Å². The number of nitrogens with zero attached hydrogens (tertiary/aromatic N) is 3. The minimum atomic E-state index is -0.0406. The second kappa shape index (κ2) is 5.48. The molecule has 1 atom stereocenters. The molecule has 2 heterocycles. The third-order valence-electron chi connectivity index (χ3n) is 2.52. The van der Waals surface area contributed by atoms with Crippen molar-refractivity contribution < 1.29 is 9.53 Å². The molecule has 2 aromatic rings. The van der Waals surface area contributed by atoms with Crippen LogP contribution in [0, 0.1) is 0 Å². The van der Waals surface area contributed by atoms with Crippen LogP contribution in [-0.2, 0) is 4.79 Å². The quantitative estimate of drug-likeness (QED) is 0.851. The molecule has 2 rings (SSSR count). The number of ether oxygens (including phenoxy) is 1. The standard InChI is InChI=1S/C12H14BrN3O2/c1-8(17)3-4-9(2)18-12-6-5-11-14-7-10(13)16(11)15-12/h5-7,9H,3-4H2,1-2H3/t9-/m1/s1. The second-order valence-corrected chi connectivity index (χ2v) is 5.00. The molecule has 0 saturated carbocycles. The molecule has 5 nitrogen and oxygen atoms in total. The fraction of sp³-hybridized carbons (Fsp3) is 0.417. The molecular weight excluding hydrogens is 298 g/mol. The summed E-state index contributed by atoms with van der Waals surface area (Å²) < 4.78 is 8.10. The summed E-state index contributed by atoms with van der Waals surface area (Å²) >= 11 is 3.35. The Bertz CT molecular complexity index is 567. The van der Waals surface area contributed by atoms with Gasteiger partial charge in [-0.3, -0.25) is 0 Å². The van der Waals surface area contributed by atoms with Gasteiger partial charge in [-0.15, -0.1) is 5.10 Å². The second-order valence-electron chi connectivity index (χ2n) is 4.19. The third kappa shape index (κ3) is 3.07. The van der Waals surface area contributed by atoms with Crippen molar-refractivity contribution >= 4 is 27.4 Å². The van der Waals surface area contributed by atoms with Gasteiger partial charge in [-0.2, -0.15) is 0 Å². The zero-order valence-electron chi connectivity index (χ0n) is 10.3. The third-order valence-corrected chi connectivity index (χ3v) is 3.06. The molecule has 6 heteroatoms. The summed E-state index contributed by atoms with van der Waals surface area (Å²) in [7, 11) is 0. The van der Waals surface area contributed by atoms with E-state index in [1.165, 1.54) is 0 Å². The summed E-state index contributed by atoms with van der Waals surface area (Å²) in [5.74, 6) is 0.698. The van der Waals surface area contributed by atoms with Gasteiger partial charge >= 0.3 is 0 Å². The zero-order valence-corrected chi connectivity index (χ0v) is 11.8. The van der Waals surface area contributed by atoms with Crippen molar-refractivity contribution in [1.82, 2.24) is 14.6 Å². The number of carbonyl (C=O) groups excluding carboxylic acids is 1. The molecule has 0 spiro atoms. The molecule has 0 saturated heterocycles. The van der Waals surface area contributed by atoms with Crippen LogP contribution in [0.25, 0.3) is 5.65 Å². The van der Waals surface area contributed by atoms with Crippen molar-refractivity contribution in [2.24, 2.45) is 0 Å². The topological polar surface area (TPSA) is 56.5 Å². The van der Waals surface area contributed by atoms with Gasteiger partial charge in [0.1, 0.15) is 10.4 Å². The van der Waals surface area contributed by atoms with Crippen molar-refractivity contribution in [2.75, 3.05) is 0 Å². The number of halogens is 1. The molecule has 0 amide bonds. The number of aromatic nitrogens is 3. The average molecular weight is 312 g/mol.